The number of hydrogen-bond acceptors (Lipinski definition) is 3. The Morgan fingerprint density at radius 3 is 2.50 bits per heavy atom. The summed E-state index contributed by atoms with van der Waals surface area (Å²) >= 11 is 3.15. The predicted molar refractivity (Wildman–Crippen MR) is 86.5 cm³/mol. The Morgan fingerprint density at radius 1 is 1.36 bits per heavy atom. The Hall–Kier alpha value is -1.43. The molecule has 1 amide bonds. The van der Waals surface area contributed by atoms with E-state index in [-0.39, 0.29) is 17.8 Å². The molecule has 1 aromatic carbocycles. The highest BCUT2D eigenvalue weighted by molar-refractivity contribution is 9.10. The van der Waals surface area contributed by atoms with Gasteiger partial charge in [-0.15, -0.1) is 0 Å². The zero-order valence-corrected chi connectivity index (χ0v) is 14.8. The van der Waals surface area contributed by atoms with Crippen LogP contribution in [0, 0.1) is 5.82 Å². The molecule has 1 aromatic rings. The number of carbonyl (C=O) groups is 2. The topological polar surface area (TPSA) is 55.4 Å². The van der Waals surface area contributed by atoms with Crippen molar-refractivity contribution in [2.45, 2.75) is 52.2 Å². The summed E-state index contributed by atoms with van der Waals surface area (Å²) in [5.74, 6) is -0.931. The van der Waals surface area contributed by atoms with Crippen molar-refractivity contribution >= 4 is 27.8 Å². The number of Topliss-reactive ketones (excluding diaryl/α,β-unsaturated/α-hetero) is 1. The molecule has 0 aromatic heterocycles. The first-order valence-corrected chi connectivity index (χ1v) is 7.89. The van der Waals surface area contributed by atoms with Gasteiger partial charge in [0.2, 0.25) is 0 Å². The predicted octanol–water partition coefficient (Wildman–Crippen LogP) is 4.46. The first-order chi connectivity index (χ1) is 10.1. The summed E-state index contributed by atoms with van der Waals surface area (Å²) in [6, 6.07) is 3.89. The maximum Gasteiger partial charge on any atom is 0.407 e. The molecule has 0 bridgehead atoms. The van der Waals surface area contributed by atoms with E-state index in [0.717, 1.165) is 0 Å². The fourth-order valence-electron chi connectivity index (χ4n) is 1.82. The molecule has 0 saturated carbocycles. The number of carbonyl (C=O) groups excluding carboxylic acids is 2. The lowest BCUT2D eigenvalue weighted by Crippen LogP contribution is -2.40. The molecule has 1 atom stereocenters. The highest BCUT2D eigenvalue weighted by Gasteiger charge is 2.22. The van der Waals surface area contributed by atoms with Gasteiger partial charge in [-0.05, 0) is 45.4 Å². The smallest absolute Gasteiger partial charge is 0.407 e. The van der Waals surface area contributed by atoms with Crippen molar-refractivity contribution in [1.29, 1.82) is 0 Å². The Labute approximate surface area is 138 Å². The van der Waals surface area contributed by atoms with Crippen LogP contribution in [0.5, 0.6) is 0 Å². The van der Waals surface area contributed by atoms with Crippen molar-refractivity contribution in [3.05, 3.63) is 34.1 Å². The minimum absolute atomic E-state index is 0.0210. The van der Waals surface area contributed by atoms with E-state index in [2.05, 4.69) is 21.2 Å². The van der Waals surface area contributed by atoms with Crippen molar-refractivity contribution in [2.24, 2.45) is 0 Å². The van der Waals surface area contributed by atoms with Crippen LogP contribution in [-0.2, 0) is 4.74 Å². The van der Waals surface area contributed by atoms with Crippen molar-refractivity contribution in [2.75, 3.05) is 0 Å². The standard InChI is InChI=1S/C16H21BrFNO3/c1-5-11(19-15(21)22-16(2,3)4)9-14(20)12-7-6-10(17)8-13(12)18/h6-8,11H,5,9H2,1-4H3,(H,19,21). The number of ketones is 1. The lowest BCUT2D eigenvalue weighted by atomic mass is 10.0. The lowest BCUT2D eigenvalue weighted by Gasteiger charge is -2.22. The molecule has 122 valence electrons. The molecule has 4 nitrogen and oxygen atoms in total. The van der Waals surface area contributed by atoms with Gasteiger partial charge in [0.05, 0.1) is 5.56 Å². The molecule has 0 aliphatic carbocycles. The number of amides is 1. The SMILES string of the molecule is CCC(CC(=O)c1ccc(Br)cc1F)NC(=O)OC(C)(C)C. The molecule has 1 unspecified atom stereocenters. The van der Waals surface area contributed by atoms with E-state index < -0.39 is 23.6 Å². The van der Waals surface area contributed by atoms with Gasteiger partial charge in [0.1, 0.15) is 11.4 Å². The number of ether oxygens (including phenoxy) is 1. The summed E-state index contributed by atoms with van der Waals surface area (Å²) in [6.07, 6.45) is -0.0133. The van der Waals surface area contributed by atoms with Gasteiger partial charge in [-0.1, -0.05) is 22.9 Å². The molecule has 0 spiro atoms. The van der Waals surface area contributed by atoms with Crippen molar-refractivity contribution in [3.63, 3.8) is 0 Å². The normalized spacial score (nSPS) is 12.6. The van der Waals surface area contributed by atoms with Crippen LogP contribution in [0.25, 0.3) is 0 Å². The summed E-state index contributed by atoms with van der Waals surface area (Å²) in [6.45, 7) is 7.12. The summed E-state index contributed by atoms with van der Waals surface area (Å²) in [5.41, 5.74) is -0.586. The summed E-state index contributed by atoms with van der Waals surface area (Å²) in [4.78, 5) is 23.9. The number of rotatable bonds is 5. The van der Waals surface area contributed by atoms with Gasteiger partial charge >= 0.3 is 6.09 Å². The van der Waals surface area contributed by atoms with E-state index in [1.807, 2.05) is 6.92 Å². The van der Waals surface area contributed by atoms with E-state index in [1.54, 1.807) is 26.8 Å². The third kappa shape index (κ3) is 6.13. The Morgan fingerprint density at radius 2 is 2.00 bits per heavy atom. The third-order valence-corrected chi connectivity index (χ3v) is 3.37. The number of benzene rings is 1. The maximum atomic E-state index is 13.8. The second-order valence-corrected chi connectivity index (χ2v) is 6.92. The first-order valence-electron chi connectivity index (χ1n) is 7.10. The molecule has 0 aliphatic heterocycles. The molecule has 0 radical (unpaired) electrons. The van der Waals surface area contributed by atoms with E-state index >= 15 is 0 Å². The number of halogens is 2. The van der Waals surface area contributed by atoms with Crippen molar-refractivity contribution < 1.29 is 18.7 Å². The van der Waals surface area contributed by atoms with Crippen LogP contribution in [0.3, 0.4) is 0 Å². The maximum absolute atomic E-state index is 13.8. The average molecular weight is 374 g/mol. The van der Waals surface area contributed by atoms with Gasteiger partial charge < -0.3 is 10.1 Å². The van der Waals surface area contributed by atoms with E-state index in [9.17, 15) is 14.0 Å². The van der Waals surface area contributed by atoms with Gasteiger partial charge in [0.25, 0.3) is 0 Å². The summed E-state index contributed by atoms with van der Waals surface area (Å²) in [7, 11) is 0. The minimum Gasteiger partial charge on any atom is -0.444 e. The number of alkyl carbamates (subject to hydrolysis) is 1. The minimum atomic E-state index is -0.607. The van der Waals surface area contributed by atoms with Gasteiger partial charge in [0, 0.05) is 16.9 Å². The molecule has 0 aliphatic rings. The van der Waals surface area contributed by atoms with Crippen LogP contribution in [-0.4, -0.2) is 23.5 Å². The highest BCUT2D eigenvalue weighted by atomic mass is 79.9. The zero-order chi connectivity index (χ0) is 16.9. The van der Waals surface area contributed by atoms with Crippen LogP contribution in [0.4, 0.5) is 9.18 Å². The lowest BCUT2D eigenvalue weighted by molar-refractivity contribution is 0.0500. The second kappa shape index (κ2) is 7.72. The third-order valence-electron chi connectivity index (χ3n) is 2.88. The fourth-order valence-corrected chi connectivity index (χ4v) is 2.15. The Kier molecular flexibility index (Phi) is 6.53. The van der Waals surface area contributed by atoms with Gasteiger partial charge in [-0.3, -0.25) is 4.79 Å². The molecule has 6 heteroatoms. The van der Waals surface area contributed by atoms with E-state index in [1.165, 1.54) is 12.1 Å². The van der Waals surface area contributed by atoms with Crippen LogP contribution in [0.2, 0.25) is 0 Å². The quantitative estimate of drug-likeness (QED) is 0.774. The van der Waals surface area contributed by atoms with E-state index in [0.29, 0.717) is 10.9 Å². The monoisotopic (exact) mass is 373 g/mol. The molecular weight excluding hydrogens is 353 g/mol. The molecule has 0 heterocycles. The molecule has 22 heavy (non-hydrogen) atoms. The van der Waals surface area contributed by atoms with Gasteiger partial charge in [-0.2, -0.15) is 0 Å². The zero-order valence-electron chi connectivity index (χ0n) is 13.2. The molecule has 1 rings (SSSR count). The average Bonchev–Trinajstić information content (AvgIpc) is 2.35. The van der Waals surface area contributed by atoms with Crippen LogP contribution >= 0.6 is 15.9 Å². The van der Waals surface area contributed by atoms with Crippen LogP contribution < -0.4 is 5.32 Å². The molecule has 0 fully saturated rings. The van der Waals surface area contributed by atoms with Crippen LogP contribution in [0.1, 0.15) is 50.9 Å². The molecule has 0 saturated heterocycles. The molecular formula is C16H21BrFNO3. The largest absolute Gasteiger partial charge is 0.444 e. The summed E-state index contributed by atoms with van der Waals surface area (Å²) < 4.78 is 19.5. The van der Waals surface area contributed by atoms with Crippen LogP contribution in [0.15, 0.2) is 22.7 Å². The van der Waals surface area contributed by atoms with Gasteiger partial charge in [0.15, 0.2) is 5.78 Å². The Bertz CT molecular complexity index is 555. The first kappa shape index (κ1) is 18.6. The van der Waals surface area contributed by atoms with Crippen molar-refractivity contribution in [3.8, 4) is 0 Å². The highest BCUT2D eigenvalue weighted by Crippen LogP contribution is 2.18. The molecule has 1 N–H and O–H groups in total. The number of nitrogens with one attached hydrogen (secondary N) is 1. The Balaban J connectivity index is 2.69. The van der Waals surface area contributed by atoms with Crippen molar-refractivity contribution in [1.82, 2.24) is 5.32 Å². The fraction of sp³-hybridized carbons (Fsp3) is 0.500. The van der Waals surface area contributed by atoms with Gasteiger partial charge in [-0.25, -0.2) is 9.18 Å². The second-order valence-electron chi connectivity index (χ2n) is 6.00. The number of hydrogen-bond donors (Lipinski definition) is 1. The van der Waals surface area contributed by atoms with E-state index in [4.69, 9.17) is 4.74 Å². The summed E-state index contributed by atoms with van der Waals surface area (Å²) in [5, 5.41) is 2.64.